The van der Waals surface area contributed by atoms with Gasteiger partial charge in [0.05, 0.1) is 11.6 Å². The first-order valence-corrected chi connectivity index (χ1v) is 7.39. The minimum Gasteiger partial charge on any atom is -0.492 e. The van der Waals surface area contributed by atoms with Crippen molar-refractivity contribution in [1.29, 1.82) is 0 Å². The Morgan fingerprint density at radius 3 is 2.71 bits per heavy atom. The summed E-state index contributed by atoms with van der Waals surface area (Å²) in [6, 6.07) is 10.4. The van der Waals surface area contributed by atoms with Crippen LogP contribution in [0.4, 0.5) is 10.1 Å². The lowest BCUT2D eigenvalue weighted by Gasteiger charge is -2.12. The van der Waals surface area contributed by atoms with Crippen LogP contribution in [-0.2, 0) is 6.54 Å². The Morgan fingerprint density at radius 1 is 1.19 bits per heavy atom. The second-order valence-corrected chi connectivity index (χ2v) is 5.33. The highest BCUT2D eigenvalue weighted by Gasteiger charge is 2.04. The molecule has 0 spiro atoms. The topological polar surface area (TPSA) is 21.3 Å². The van der Waals surface area contributed by atoms with E-state index >= 15 is 0 Å². The van der Waals surface area contributed by atoms with Crippen molar-refractivity contribution in [1.82, 2.24) is 0 Å². The molecule has 0 saturated carbocycles. The average Bonchev–Trinajstić information content (AvgIpc) is 2.47. The van der Waals surface area contributed by atoms with E-state index in [2.05, 4.69) is 5.32 Å². The molecule has 0 aliphatic rings. The molecule has 0 saturated heterocycles. The van der Waals surface area contributed by atoms with Crippen molar-refractivity contribution in [3.05, 3.63) is 58.4 Å². The van der Waals surface area contributed by atoms with Crippen LogP contribution in [0.5, 0.6) is 5.75 Å². The molecule has 0 aromatic heterocycles. The molecule has 0 bridgehead atoms. The molecule has 0 radical (unpaired) electrons. The molecule has 2 rings (SSSR count). The Morgan fingerprint density at radius 2 is 2.00 bits per heavy atom. The fourth-order valence-corrected chi connectivity index (χ4v) is 2.20. The highest BCUT2D eigenvalue weighted by Crippen LogP contribution is 2.28. The summed E-state index contributed by atoms with van der Waals surface area (Å²) in [5.74, 6) is 0.463. The summed E-state index contributed by atoms with van der Waals surface area (Å²) in [6.07, 6.45) is 0.940. The van der Waals surface area contributed by atoms with Crippen LogP contribution in [0, 0.1) is 12.7 Å². The minimum absolute atomic E-state index is 0.223. The van der Waals surface area contributed by atoms with Gasteiger partial charge in [-0.1, -0.05) is 24.6 Å². The van der Waals surface area contributed by atoms with Gasteiger partial charge >= 0.3 is 0 Å². The molecule has 4 heteroatoms. The number of hydrogen-bond donors (Lipinski definition) is 1. The highest BCUT2D eigenvalue weighted by atomic mass is 35.5. The van der Waals surface area contributed by atoms with Crippen LogP contribution in [0.3, 0.4) is 0 Å². The maximum absolute atomic E-state index is 13.2. The summed E-state index contributed by atoms with van der Waals surface area (Å²) >= 11 is 6.18. The van der Waals surface area contributed by atoms with Crippen molar-refractivity contribution in [2.24, 2.45) is 0 Å². The predicted octanol–water partition coefficient (Wildman–Crippen LogP) is 5.19. The zero-order chi connectivity index (χ0) is 15.2. The van der Waals surface area contributed by atoms with E-state index in [1.807, 2.05) is 32.0 Å². The molecule has 2 aromatic carbocycles. The van der Waals surface area contributed by atoms with Crippen molar-refractivity contribution in [3.8, 4) is 5.75 Å². The number of ether oxygens (including phenoxy) is 1. The average molecular weight is 308 g/mol. The molecular weight excluding hydrogens is 289 g/mol. The molecule has 1 N–H and O–H groups in total. The van der Waals surface area contributed by atoms with Gasteiger partial charge in [0.2, 0.25) is 0 Å². The van der Waals surface area contributed by atoms with Crippen molar-refractivity contribution in [2.75, 3.05) is 11.9 Å². The third-order valence-corrected chi connectivity index (χ3v) is 3.48. The van der Waals surface area contributed by atoms with Crippen molar-refractivity contribution in [3.63, 3.8) is 0 Å². The Kier molecular flexibility index (Phi) is 5.45. The Labute approximate surface area is 129 Å². The number of halogens is 2. The summed E-state index contributed by atoms with van der Waals surface area (Å²) in [6.45, 7) is 5.21. The quantitative estimate of drug-likeness (QED) is 0.793. The lowest BCUT2D eigenvalue weighted by atomic mass is 10.1. The number of hydrogen-bond acceptors (Lipinski definition) is 2. The Bertz CT molecular complexity index is 616. The van der Waals surface area contributed by atoms with E-state index in [1.165, 1.54) is 6.07 Å². The van der Waals surface area contributed by atoms with Gasteiger partial charge in [0, 0.05) is 12.2 Å². The second-order valence-electron chi connectivity index (χ2n) is 4.92. The molecule has 21 heavy (non-hydrogen) atoms. The first-order chi connectivity index (χ1) is 10.1. The second kappa shape index (κ2) is 7.32. The standard InChI is InChI=1S/C17H19ClFNO/c1-3-8-21-17-7-6-15(10-16(17)18)20-11-13-9-14(19)5-4-12(13)2/h4-7,9-10,20H,3,8,11H2,1-2H3. The maximum atomic E-state index is 13.2. The number of nitrogens with one attached hydrogen (secondary N) is 1. The molecule has 0 amide bonds. The summed E-state index contributed by atoms with van der Waals surface area (Å²) in [4.78, 5) is 0. The van der Waals surface area contributed by atoms with Crippen LogP contribution < -0.4 is 10.1 Å². The van der Waals surface area contributed by atoms with E-state index in [4.69, 9.17) is 16.3 Å². The number of anilines is 1. The molecule has 0 aliphatic heterocycles. The molecule has 2 nitrogen and oxygen atoms in total. The van der Waals surface area contributed by atoms with Crippen molar-refractivity contribution in [2.45, 2.75) is 26.8 Å². The zero-order valence-electron chi connectivity index (χ0n) is 12.2. The van der Waals surface area contributed by atoms with Gasteiger partial charge in [-0.2, -0.15) is 0 Å². The van der Waals surface area contributed by atoms with Gasteiger partial charge in [-0.3, -0.25) is 0 Å². The van der Waals surface area contributed by atoms with Gasteiger partial charge in [0.25, 0.3) is 0 Å². The first kappa shape index (κ1) is 15.6. The summed E-state index contributed by atoms with van der Waals surface area (Å²) in [7, 11) is 0. The van der Waals surface area contributed by atoms with E-state index in [0.717, 1.165) is 23.2 Å². The van der Waals surface area contributed by atoms with Crippen LogP contribution in [0.25, 0.3) is 0 Å². The fraction of sp³-hybridized carbons (Fsp3) is 0.294. The van der Waals surface area contributed by atoms with Crippen molar-refractivity contribution < 1.29 is 9.13 Å². The number of rotatable bonds is 6. The van der Waals surface area contributed by atoms with E-state index in [0.29, 0.717) is 23.9 Å². The van der Waals surface area contributed by atoms with E-state index in [9.17, 15) is 4.39 Å². The molecule has 0 aliphatic carbocycles. The van der Waals surface area contributed by atoms with Crippen LogP contribution in [0.15, 0.2) is 36.4 Å². The molecular formula is C17H19ClFNO. The van der Waals surface area contributed by atoms with Gasteiger partial charge in [0.1, 0.15) is 11.6 Å². The number of benzene rings is 2. The van der Waals surface area contributed by atoms with Gasteiger partial charge in [-0.05, 0) is 54.8 Å². The van der Waals surface area contributed by atoms with Crippen LogP contribution in [0.1, 0.15) is 24.5 Å². The highest BCUT2D eigenvalue weighted by molar-refractivity contribution is 6.32. The van der Waals surface area contributed by atoms with Gasteiger partial charge < -0.3 is 10.1 Å². The third-order valence-electron chi connectivity index (χ3n) is 3.19. The minimum atomic E-state index is -0.223. The zero-order valence-corrected chi connectivity index (χ0v) is 13.0. The molecule has 0 atom stereocenters. The molecule has 2 aromatic rings. The van der Waals surface area contributed by atoms with Crippen LogP contribution >= 0.6 is 11.6 Å². The van der Waals surface area contributed by atoms with Gasteiger partial charge in [-0.25, -0.2) is 4.39 Å². The Balaban J connectivity index is 2.03. The van der Waals surface area contributed by atoms with Crippen LogP contribution in [0.2, 0.25) is 5.02 Å². The van der Waals surface area contributed by atoms with Gasteiger partial charge in [0.15, 0.2) is 0 Å². The predicted molar refractivity (Wildman–Crippen MR) is 85.7 cm³/mol. The first-order valence-electron chi connectivity index (χ1n) is 7.01. The van der Waals surface area contributed by atoms with Crippen molar-refractivity contribution >= 4 is 17.3 Å². The normalized spacial score (nSPS) is 10.5. The maximum Gasteiger partial charge on any atom is 0.138 e. The lowest BCUT2D eigenvalue weighted by molar-refractivity contribution is 0.317. The fourth-order valence-electron chi connectivity index (χ4n) is 1.97. The third kappa shape index (κ3) is 4.36. The molecule has 0 unspecified atom stereocenters. The smallest absolute Gasteiger partial charge is 0.138 e. The SMILES string of the molecule is CCCOc1ccc(NCc2cc(F)ccc2C)cc1Cl. The number of aryl methyl sites for hydroxylation is 1. The van der Waals surface area contributed by atoms with E-state index in [1.54, 1.807) is 12.1 Å². The molecule has 0 heterocycles. The van der Waals surface area contributed by atoms with Crippen LogP contribution in [-0.4, -0.2) is 6.61 Å². The summed E-state index contributed by atoms with van der Waals surface area (Å²) in [5.41, 5.74) is 2.86. The van der Waals surface area contributed by atoms with E-state index in [-0.39, 0.29) is 5.82 Å². The molecule has 112 valence electrons. The lowest BCUT2D eigenvalue weighted by Crippen LogP contribution is -2.02. The largest absolute Gasteiger partial charge is 0.492 e. The van der Waals surface area contributed by atoms with Gasteiger partial charge in [-0.15, -0.1) is 0 Å². The monoisotopic (exact) mass is 307 g/mol. The summed E-state index contributed by atoms with van der Waals surface area (Å²) < 4.78 is 18.8. The van der Waals surface area contributed by atoms with E-state index < -0.39 is 0 Å². The summed E-state index contributed by atoms with van der Waals surface area (Å²) in [5, 5.41) is 3.82. The Hall–Kier alpha value is -1.74. The molecule has 0 fully saturated rings.